The third kappa shape index (κ3) is 4.14. The van der Waals surface area contributed by atoms with Crippen LogP contribution in [-0.2, 0) is 10.0 Å². The van der Waals surface area contributed by atoms with Gasteiger partial charge in [0, 0.05) is 12.1 Å². The van der Waals surface area contributed by atoms with Crippen molar-refractivity contribution in [2.75, 3.05) is 25.1 Å². The third-order valence-corrected chi connectivity index (χ3v) is 3.67. The molecule has 0 heterocycles. The fraction of sp³-hybridized carbons (Fsp3) is 0.300. The maximum Gasteiger partial charge on any atom is 0.251 e. The van der Waals surface area contributed by atoms with Crippen molar-refractivity contribution in [1.29, 1.82) is 0 Å². The Bertz CT molecular complexity index is 567. The molecule has 9 heteroatoms. The molecule has 19 heavy (non-hydrogen) atoms. The van der Waals surface area contributed by atoms with E-state index >= 15 is 0 Å². The van der Waals surface area contributed by atoms with Crippen molar-refractivity contribution in [3.05, 3.63) is 29.3 Å². The summed E-state index contributed by atoms with van der Waals surface area (Å²) in [5.41, 5.74) is 4.11. The van der Waals surface area contributed by atoms with E-state index in [1.807, 2.05) is 0 Å². The number of nitrogen functional groups attached to an aromatic ring is 1. The van der Waals surface area contributed by atoms with Gasteiger partial charge in [0.2, 0.25) is 10.0 Å². The normalized spacial score (nSPS) is 11.3. The molecule has 106 valence electrons. The first-order valence-corrected chi connectivity index (χ1v) is 6.86. The zero-order valence-electron chi connectivity index (χ0n) is 10.0. The summed E-state index contributed by atoms with van der Waals surface area (Å²) in [6.07, 6.45) is 0. The number of nitrogens with two attached hydrogens (primary N) is 1. The average molecular weight is 293 g/mol. The summed E-state index contributed by atoms with van der Waals surface area (Å²) in [6.45, 7) is -0.185. The second-order valence-electron chi connectivity index (χ2n) is 3.63. The molecule has 0 unspecified atom stereocenters. The number of amides is 1. The molecule has 0 fully saturated rings. The van der Waals surface area contributed by atoms with Gasteiger partial charge in [0.15, 0.2) is 0 Å². The number of halogens is 2. The highest BCUT2D eigenvalue weighted by Crippen LogP contribution is 2.16. The second-order valence-corrected chi connectivity index (χ2v) is 5.68. The minimum absolute atomic E-state index is 0.185. The highest BCUT2D eigenvalue weighted by molar-refractivity contribution is 7.89. The van der Waals surface area contributed by atoms with E-state index in [1.165, 1.54) is 7.05 Å². The van der Waals surface area contributed by atoms with Crippen LogP contribution < -0.4 is 15.8 Å². The van der Waals surface area contributed by atoms with Gasteiger partial charge in [-0.25, -0.2) is 21.9 Å². The molecule has 6 nitrogen and oxygen atoms in total. The van der Waals surface area contributed by atoms with Gasteiger partial charge >= 0.3 is 0 Å². The number of rotatable bonds is 5. The molecule has 4 N–H and O–H groups in total. The standard InChI is InChI=1S/C10H13F2N3O3S/c1-14-19(17,18)3-2-15-10(16)6-4-7(11)9(13)8(12)5-6/h4-5,14H,2-3,13H2,1H3,(H,15,16). The van der Waals surface area contributed by atoms with Crippen LogP contribution in [0.4, 0.5) is 14.5 Å². The largest absolute Gasteiger partial charge is 0.394 e. The first-order chi connectivity index (χ1) is 8.76. The molecule has 1 amide bonds. The monoisotopic (exact) mass is 293 g/mol. The van der Waals surface area contributed by atoms with Crippen LogP contribution in [0.2, 0.25) is 0 Å². The minimum atomic E-state index is -3.45. The first kappa shape index (κ1) is 15.3. The van der Waals surface area contributed by atoms with E-state index in [0.29, 0.717) is 0 Å². The number of nitrogens with one attached hydrogen (secondary N) is 2. The van der Waals surface area contributed by atoms with Gasteiger partial charge in [-0.3, -0.25) is 4.79 Å². The molecule has 0 aliphatic heterocycles. The second kappa shape index (κ2) is 5.93. The van der Waals surface area contributed by atoms with Gasteiger partial charge in [-0.15, -0.1) is 0 Å². The zero-order chi connectivity index (χ0) is 14.6. The predicted octanol–water partition coefficient (Wildman–Crippen LogP) is -0.174. The van der Waals surface area contributed by atoms with E-state index in [4.69, 9.17) is 5.73 Å². The van der Waals surface area contributed by atoms with Gasteiger partial charge in [-0.2, -0.15) is 0 Å². The minimum Gasteiger partial charge on any atom is -0.394 e. The van der Waals surface area contributed by atoms with Crippen LogP contribution in [0.5, 0.6) is 0 Å². The third-order valence-electron chi connectivity index (χ3n) is 2.31. The van der Waals surface area contributed by atoms with Crippen molar-refractivity contribution in [2.24, 2.45) is 0 Å². The highest BCUT2D eigenvalue weighted by atomic mass is 32.2. The Kier molecular flexibility index (Phi) is 4.78. The first-order valence-electron chi connectivity index (χ1n) is 5.21. The molecule has 0 spiro atoms. The number of hydrogen-bond acceptors (Lipinski definition) is 4. The van der Waals surface area contributed by atoms with E-state index in [9.17, 15) is 22.0 Å². The number of hydrogen-bond donors (Lipinski definition) is 3. The Hall–Kier alpha value is -1.74. The molecule has 0 aliphatic rings. The van der Waals surface area contributed by atoms with Crippen LogP contribution in [-0.4, -0.2) is 33.7 Å². The molecule has 0 radical (unpaired) electrons. The van der Waals surface area contributed by atoms with Crippen LogP contribution in [0.1, 0.15) is 10.4 Å². The molecule has 0 saturated carbocycles. The number of benzene rings is 1. The highest BCUT2D eigenvalue weighted by Gasteiger charge is 2.14. The maximum absolute atomic E-state index is 13.1. The van der Waals surface area contributed by atoms with Crippen LogP contribution in [0, 0.1) is 11.6 Å². The summed E-state index contributed by atoms with van der Waals surface area (Å²) in [7, 11) is -2.22. The lowest BCUT2D eigenvalue weighted by atomic mass is 10.2. The Morgan fingerprint density at radius 1 is 1.32 bits per heavy atom. The molecule has 0 saturated heterocycles. The molecule has 0 atom stereocenters. The van der Waals surface area contributed by atoms with Gasteiger partial charge < -0.3 is 11.1 Å². The Labute approximate surface area is 109 Å². The van der Waals surface area contributed by atoms with E-state index in [-0.39, 0.29) is 17.9 Å². The van der Waals surface area contributed by atoms with Crippen LogP contribution in [0.15, 0.2) is 12.1 Å². The predicted molar refractivity (Wildman–Crippen MR) is 66.0 cm³/mol. The summed E-state index contributed by atoms with van der Waals surface area (Å²) < 4.78 is 50.4. The van der Waals surface area contributed by atoms with Crippen LogP contribution >= 0.6 is 0 Å². The Morgan fingerprint density at radius 3 is 2.32 bits per heavy atom. The van der Waals surface area contributed by atoms with E-state index in [2.05, 4.69) is 10.0 Å². The van der Waals surface area contributed by atoms with Crippen molar-refractivity contribution in [3.63, 3.8) is 0 Å². The zero-order valence-corrected chi connectivity index (χ0v) is 10.9. The lowest BCUT2D eigenvalue weighted by Gasteiger charge is -2.07. The van der Waals surface area contributed by atoms with Gasteiger partial charge in [0.1, 0.15) is 17.3 Å². The number of carbonyl (C=O) groups excluding carboxylic acids is 1. The van der Waals surface area contributed by atoms with Gasteiger partial charge in [-0.1, -0.05) is 0 Å². The van der Waals surface area contributed by atoms with Crippen molar-refractivity contribution >= 4 is 21.6 Å². The molecule has 0 bridgehead atoms. The molecular formula is C10H13F2N3O3S. The smallest absolute Gasteiger partial charge is 0.251 e. The number of anilines is 1. The van der Waals surface area contributed by atoms with E-state index in [1.54, 1.807) is 0 Å². The van der Waals surface area contributed by atoms with Crippen LogP contribution in [0.3, 0.4) is 0 Å². The Morgan fingerprint density at radius 2 is 1.84 bits per heavy atom. The molecule has 1 rings (SSSR count). The summed E-state index contributed by atoms with van der Waals surface area (Å²) in [6, 6.07) is 1.56. The molecular weight excluding hydrogens is 280 g/mol. The van der Waals surface area contributed by atoms with E-state index < -0.39 is 33.3 Å². The van der Waals surface area contributed by atoms with Crippen molar-refractivity contribution in [3.8, 4) is 0 Å². The van der Waals surface area contributed by atoms with Gasteiger partial charge in [0.05, 0.1) is 5.75 Å². The Balaban J connectivity index is 2.70. The summed E-state index contributed by atoms with van der Waals surface area (Å²) in [5.74, 6) is -3.22. The quantitative estimate of drug-likeness (QED) is 0.656. The lowest BCUT2D eigenvalue weighted by molar-refractivity contribution is 0.0955. The molecule has 0 aliphatic carbocycles. The van der Waals surface area contributed by atoms with Gasteiger partial charge in [-0.05, 0) is 19.2 Å². The molecule has 0 aromatic heterocycles. The fourth-order valence-corrected chi connectivity index (χ4v) is 1.79. The topological polar surface area (TPSA) is 101 Å². The fourth-order valence-electron chi connectivity index (χ4n) is 1.22. The van der Waals surface area contributed by atoms with Crippen molar-refractivity contribution in [1.82, 2.24) is 10.0 Å². The lowest BCUT2D eigenvalue weighted by Crippen LogP contribution is -2.33. The SMILES string of the molecule is CNS(=O)(=O)CCNC(=O)c1cc(F)c(N)c(F)c1. The van der Waals surface area contributed by atoms with E-state index in [0.717, 1.165) is 12.1 Å². The summed E-state index contributed by atoms with van der Waals surface area (Å²) >= 11 is 0. The average Bonchev–Trinajstić information content (AvgIpc) is 2.35. The summed E-state index contributed by atoms with van der Waals surface area (Å²) in [4.78, 5) is 11.5. The van der Waals surface area contributed by atoms with Gasteiger partial charge in [0.25, 0.3) is 5.91 Å². The van der Waals surface area contributed by atoms with Crippen LogP contribution in [0.25, 0.3) is 0 Å². The molecule has 1 aromatic carbocycles. The number of carbonyl (C=O) groups is 1. The molecule has 1 aromatic rings. The maximum atomic E-state index is 13.1. The van der Waals surface area contributed by atoms with Crippen molar-refractivity contribution in [2.45, 2.75) is 0 Å². The summed E-state index contributed by atoms with van der Waals surface area (Å²) in [5, 5.41) is 2.23. The van der Waals surface area contributed by atoms with Crippen molar-refractivity contribution < 1.29 is 22.0 Å². The number of sulfonamides is 1.